The van der Waals surface area contributed by atoms with Crippen LogP contribution in [0.2, 0.25) is 0 Å². The van der Waals surface area contributed by atoms with Gasteiger partial charge in [-0.25, -0.2) is 9.98 Å². The molecule has 2 heterocycles. The first-order valence-electron chi connectivity index (χ1n) is 22.4. The quantitative estimate of drug-likeness (QED) is 0.172. The Morgan fingerprint density at radius 3 is 1.32 bits per heavy atom. The van der Waals surface area contributed by atoms with Crippen molar-refractivity contribution < 1.29 is 65.9 Å². The van der Waals surface area contributed by atoms with Crippen molar-refractivity contribution in [1.29, 1.82) is 0 Å². The maximum atomic E-state index is 14.1. The SMILES string of the molecule is FC(F)(F)C1=CCC(=c2ccc(-n3c4ccc(-c5cc(C(F)(F)F)cc(C(F)(F)F)c5)cc4c4cc(-c5cc(C(F)(F)F)cc(C(F)(F)F)c5)ccc43)cc2=C2N=C(c3ccccc3)N=C(c3ccccc3)N2)C=C1. The summed E-state index contributed by atoms with van der Waals surface area (Å²) >= 11 is 0. The van der Waals surface area contributed by atoms with Gasteiger partial charge in [-0.05, 0) is 112 Å². The van der Waals surface area contributed by atoms with E-state index in [9.17, 15) is 65.9 Å². The Labute approximate surface area is 414 Å². The van der Waals surface area contributed by atoms with Crippen LogP contribution in [0.25, 0.3) is 61.1 Å². The number of aromatic nitrogens is 1. The smallest absolute Gasteiger partial charge is 0.324 e. The number of nitrogens with zero attached hydrogens (tertiary/aromatic N) is 3. The summed E-state index contributed by atoms with van der Waals surface area (Å²) in [6, 6.07) is 32.4. The number of aliphatic imine (C=N–C) groups is 2. The molecule has 8 aromatic rings. The minimum Gasteiger partial charge on any atom is -0.324 e. The van der Waals surface area contributed by atoms with Gasteiger partial charge in [-0.2, -0.15) is 65.9 Å². The summed E-state index contributed by atoms with van der Waals surface area (Å²) in [4.78, 5) is 9.71. The molecule has 0 atom stereocenters. The molecule has 0 radical (unpaired) electrons. The van der Waals surface area contributed by atoms with Crippen LogP contribution in [0.3, 0.4) is 0 Å². The summed E-state index contributed by atoms with van der Waals surface area (Å²) in [5.41, 5.74) is -6.33. The summed E-state index contributed by atoms with van der Waals surface area (Å²) in [6.45, 7) is 0. The molecule has 1 aromatic heterocycles. The first-order chi connectivity index (χ1) is 35.3. The van der Waals surface area contributed by atoms with Gasteiger partial charge in [-0.1, -0.05) is 97.1 Å². The fourth-order valence-corrected chi connectivity index (χ4v) is 8.99. The fraction of sp³-hybridized carbons (Fsp3) is 0.107. The average molecular weight is 1040 g/mol. The highest BCUT2D eigenvalue weighted by Crippen LogP contribution is 2.43. The van der Waals surface area contributed by atoms with Gasteiger partial charge in [0, 0.05) is 32.8 Å². The molecule has 1 aliphatic carbocycles. The van der Waals surface area contributed by atoms with Crippen LogP contribution >= 0.6 is 0 Å². The number of nitrogens with one attached hydrogen (secondary N) is 1. The maximum Gasteiger partial charge on any atom is 0.416 e. The number of rotatable bonds is 5. The Balaban J connectivity index is 1.27. The molecule has 1 aliphatic heterocycles. The standard InChI is InChI=1S/C56H31F15N4/c57-52(58,59)37-15-11-30(12-16-37)43-18-17-42(29-46(43)51-73-49(31-7-3-1-4-8-31)72-50(74-51)32-9-5-2-6-10-32)75-47-19-13-33(35-21-38(53(60,61)62)27-39(22-35)54(63,64)65)25-44(47)45-26-34(14-20-48(45)75)36-23-40(55(66,67)68)28-41(24-36)56(69,70)71/h1-11,13-29H,12H2,(H,72,73,74). The zero-order valence-electron chi connectivity index (χ0n) is 37.9. The molecule has 10 rings (SSSR count). The third kappa shape index (κ3) is 10.1. The predicted molar refractivity (Wildman–Crippen MR) is 255 cm³/mol. The molecule has 0 fully saturated rings. The molecular weight excluding hydrogens is 1010 g/mol. The van der Waals surface area contributed by atoms with Gasteiger partial charge < -0.3 is 9.88 Å². The van der Waals surface area contributed by atoms with E-state index in [4.69, 9.17) is 9.98 Å². The normalized spacial score (nSPS) is 16.2. The molecule has 0 spiro atoms. The number of allylic oxidation sites excluding steroid dienone is 4. The lowest BCUT2D eigenvalue weighted by atomic mass is 9.96. The van der Waals surface area contributed by atoms with Crippen LogP contribution in [0.15, 0.2) is 185 Å². The monoisotopic (exact) mass is 1040 g/mol. The molecule has 0 unspecified atom stereocenters. The second-order valence-electron chi connectivity index (χ2n) is 17.4. The van der Waals surface area contributed by atoms with Crippen molar-refractivity contribution in [2.75, 3.05) is 0 Å². The minimum absolute atomic E-state index is 0.0423. The lowest BCUT2D eigenvalue weighted by Gasteiger charge is -2.19. The molecule has 75 heavy (non-hydrogen) atoms. The van der Waals surface area contributed by atoms with Gasteiger partial charge in [-0.3, -0.25) is 0 Å². The number of amidine groups is 2. The predicted octanol–water partition coefficient (Wildman–Crippen LogP) is 15.4. The van der Waals surface area contributed by atoms with Crippen LogP contribution in [0, 0.1) is 0 Å². The van der Waals surface area contributed by atoms with Gasteiger partial charge >= 0.3 is 30.9 Å². The van der Waals surface area contributed by atoms with E-state index in [1.54, 1.807) is 83.4 Å². The van der Waals surface area contributed by atoms with Crippen LogP contribution < -0.4 is 15.8 Å². The molecule has 2 aliphatic rings. The van der Waals surface area contributed by atoms with Crippen LogP contribution in [0.5, 0.6) is 0 Å². The van der Waals surface area contributed by atoms with Crippen molar-refractivity contribution in [3.8, 4) is 27.9 Å². The van der Waals surface area contributed by atoms with Crippen LogP contribution in [0.1, 0.15) is 39.8 Å². The summed E-state index contributed by atoms with van der Waals surface area (Å²) in [5.74, 6) is 0.751. The zero-order chi connectivity index (χ0) is 53.4. The highest BCUT2D eigenvalue weighted by molar-refractivity contribution is 6.16. The van der Waals surface area contributed by atoms with Crippen LogP contribution in [0.4, 0.5) is 65.9 Å². The van der Waals surface area contributed by atoms with Crippen molar-refractivity contribution in [1.82, 2.24) is 9.88 Å². The van der Waals surface area contributed by atoms with Gasteiger partial charge in [0.05, 0.1) is 38.9 Å². The molecule has 4 nitrogen and oxygen atoms in total. The van der Waals surface area contributed by atoms with E-state index in [2.05, 4.69) is 5.32 Å². The fourth-order valence-electron chi connectivity index (χ4n) is 8.99. The molecule has 0 saturated heterocycles. The third-order valence-corrected chi connectivity index (χ3v) is 12.6. The number of benzene rings is 7. The second kappa shape index (κ2) is 18.2. The van der Waals surface area contributed by atoms with Crippen molar-refractivity contribution >= 4 is 44.9 Å². The molecular formula is C56H31F15N4. The van der Waals surface area contributed by atoms with E-state index in [0.717, 1.165) is 12.2 Å². The Hall–Kier alpha value is -8.35. The number of fused-ring (bicyclic) bond motifs is 3. The van der Waals surface area contributed by atoms with Gasteiger partial charge in [0.2, 0.25) is 0 Å². The van der Waals surface area contributed by atoms with E-state index in [1.807, 2.05) is 0 Å². The van der Waals surface area contributed by atoms with E-state index in [0.29, 0.717) is 57.2 Å². The average Bonchev–Trinajstić information content (AvgIpc) is 3.72. The maximum absolute atomic E-state index is 14.1. The van der Waals surface area contributed by atoms with E-state index >= 15 is 0 Å². The lowest BCUT2D eigenvalue weighted by Crippen LogP contribution is -2.38. The van der Waals surface area contributed by atoms with Crippen molar-refractivity contribution in [2.24, 2.45) is 9.98 Å². The second-order valence-corrected chi connectivity index (χ2v) is 17.4. The minimum atomic E-state index is -5.22. The van der Waals surface area contributed by atoms with Gasteiger partial charge in [-0.15, -0.1) is 0 Å². The Morgan fingerprint density at radius 1 is 0.400 bits per heavy atom. The third-order valence-electron chi connectivity index (χ3n) is 12.6. The van der Waals surface area contributed by atoms with Crippen LogP contribution in [-0.2, 0) is 24.7 Å². The summed E-state index contributed by atoms with van der Waals surface area (Å²) < 4.78 is 213. The first-order valence-corrected chi connectivity index (χ1v) is 22.4. The summed E-state index contributed by atoms with van der Waals surface area (Å²) in [6.07, 6.45) is -22.4. The number of hydrogen-bond donors (Lipinski definition) is 1. The van der Waals surface area contributed by atoms with Crippen LogP contribution in [-0.4, -0.2) is 22.4 Å². The first kappa shape index (κ1) is 50.2. The number of halogens is 15. The zero-order valence-corrected chi connectivity index (χ0v) is 37.9. The van der Waals surface area contributed by atoms with Gasteiger partial charge in [0.1, 0.15) is 11.7 Å². The number of hydrogen-bond acceptors (Lipinski definition) is 3. The summed E-state index contributed by atoms with van der Waals surface area (Å²) in [5, 5.41) is 4.19. The van der Waals surface area contributed by atoms with Crippen molar-refractivity contribution in [2.45, 2.75) is 37.3 Å². The van der Waals surface area contributed by atoms with E-state index < -0.39 is 69.8 Å². The largest absolute Gasteiger partial charge is 0.416 e. The molecule has 0 amide bonds. The molecule has 19 heteroatoms. The molecule has 380 valence electrons. The Morgan fingerprint density at radius 2 is 0.880 bits per heavy atom. The highest BCUT2D eigenvalue weighted by atomic mass is 19.4. The van der Waals surface area contributed by atoms with Crippen molar-refractivity contribution in [3.63, 3.8) is 0 Å². The molecule has 1 N–H and O–H groups in total. The molecule has 0 bridgehead atoms. The molecule has 7 aromatic carbocycles. The topological polar surface area (TPSA) is 41.7 Å². The highest BCUT2D eigenvalue weighted by Gasteiger charge is 2.39. The lowest BCUT2D eigenvalue weighted by molar-refractivity contribution is -0.144. The van der Waals surface area contributed by atoms with Gasteiger partial charge in [0.25, 0.3) is 0 Å². The number of alkyl halides is 15. The molecule has 0 saturated carbocycles. The summed E-state index contributed by atoms with van der Waals surface area (Å²) in [7, 11) is 0. The van der Waals surface area contributed by atoms with Crippen molar-refractivity contribution in [3.05, 3.63) is 219 Å². The van der Waals surface area contributed by atoms with Gasteiger partial charge in [0.15, 0.2) is 5.84 Å². The van der Waals surface area contributed by atoms with E-state index in [-0.39, 0.29) is 68.8 Å². The van der Waals surface area contributed by atoms with E-state index in [1.165, 1.54) is 42.5 Å². The Bertz CT molecular complexity index is 3650. The Kier molecular flexibility index (Phi) is 12.2.